The molecule has 0 aliphatic carbocycles. The van der Waals surface area contributed by atoms with E-state index in [1.54, 1.807) is 0 Å². The summed E-state index contributed by atoms with van der Waals surface area (Å²) in [4.78, 5) is 18.4. The first kappa shape index (κ1) is 31.1. The summed E-state index contributed by atoms with van der Waals surface area (Å²) in [7, 11) is 0. The maximum Gasteiger partial charge on any atom is 0.0737 e. The van der Waals surface area contributed by atoms with Gasteiger partial charge < -0.3 is 9.97 Å². The molecule has 52 heavy (non-hydrogen) atoms. The first-order valence-corrected chi connectivity index (χ1v) is 17.5. The third kappa shape index (κ3) is 5.55. The van der Waals surface area contributed by atoms with Crippen LogP contribution in [0.1, 0.15) is 39.5 Å². The maximum absolute atomic E-state index is 5.75. The van der Waals surface area contributed by atoms with Gasteiger partial charge in [0.2, 0.25) is 0 Å². The summed E-state index contributed by atoms with van der Waals surface area (Å²) in [6, 6.07) is 44.5. The van der Waals surface area contributed by atoms with Gasteiger partial charge in [-0.2, -0.15) is 0 Å². The van der Waals surface area contributed by atoms with Crippen molar-refractivity contribution in [1.82, 2.24) is 19.9 Å². The zero-order chi connectivity index (χ0) is 35.2. The Morgan fingerprint density at radius 2 is 0.731 bits per heavy atom. The van der Waals surface area contributed by atoms with Crippen molar-refractivity contribution >= 4 is 46.4 Å². The molecule has 0 spiro atoms. The van der Waals surface area contributed by atoms with Crippen molar-refractivity contribution in [3.63, 3.8) is 0 Å². The molecular weight excluding hydrogens is 633 g/mol. The molecule has 0 unspecified atom stereocenters. The van der Waals surface area contributed by atoms with Gasteiger partial charge in [0.15, 0.2) is 0 Å². The molecule has 7 aromatic rings. The zero-order valence-electron chi connectivity index (χ0n) is 28.9. The van der Waals surface area contributed by atoms with Crippen LogP contribution in [0.4, 0.5) is 0 Å². The first-order chi connectivity index (χ1) is 25.5. The minimum atomic E-state index is 0.832. The van der Waals surface area contributed by atoms with Crippen LogP contribution in [0.25, 0.3) is 90.9 Å². The highest BCUT2D eigenvalue weighted by Gasteiger charge is 2.19. The summed E-state index contributed by atoms with van der Waals surface area (Å²) in [5.74, 6) is 2.76. The fourth-order valence-electron chi connectivity index (χ4n) is 7.20. The molecule has 246 valence electrons. The monoisotopic (exact) mass is 666 g/mol. The number of fused-ring (bicyclic) bond motifs is 8. The Bertz CT molecular complexity index is 2770. The number of aromatic nitrogens is 4. The number of nitrogens with zero attached hydrogens (tertiary/aromatic N) is 2. The summed E-state index contributed by atoms with van der Waals surface area (Å²) < 4.78 is 0. The molecule has 4 heteroatoms. The molecule has 0 saturated heterocycles. The number of nitrogens with one attached hydrogen (secondary N) is 2. The topological polar surface area (TPSA) is 57.4 Å². The molecule has 0 atom stereocenters. The molecule has 0 fully saturated rings. The van der Waals surface area contributed by atoms with Crippen molar-refractivity contribution in [3.05, 3.63) is 167 Å². The molecule has 5 heterocycles. The molecule has 2 aliphatic rings. The Hall–Kier alpha value is -6.96. The Labute approximate surface area is 302 Å². The Kier molecular flexibility index (Phi) is 7.60. The van der Waals surface area contributed by atoms with Crippen molar-refractivity contribution in [3.8, 4) is 56.9 Å². The lowest BCUT2D eigenvalue weighted by Crippen LogP contribution is -1.90. The molecule has 4 nitrogen and oxygen atoms in total. The lowest BCUT2D eigenvalue weighted by atomic mass is 10.0. The van der Waals surface area contributed by atoms with Crippen molar-refractivity contribution in [1.29, 1.82) is 0 Å². The number of aromatic amines is 2. The van der Waals surface area contributed by atoms with Crippen molar-refractivity contribution < 1.29 is 0 Å². The quantitative estimate of drug-likeness (QED) is 0.184. The highest BCUT2D eigenvalue weighted by atomic mass is 14.8. The number of H-pyrrole nitrogens is 2. The van der Waals surface area contributed by atoms with E-state index in [9.17, 15) is 0 Å². The Balaban J connectivity index is 1.47. The van der Waals surface area contributed by atoms with Crippen molar-refractivity contribution in [2.75, 3.05) is 0 Å². The molecular formula is C48H34N4. The third-order valence-electron chi connectivity index (χ3n) is 9.84. The number of terminal acetylenes is 1. The molecule has 8 bridgehead atoms. The average molecular weight is 667 g/mol. The standard InChI is InChI=1S/C48H34N4/c1-4-32-14-20-36(21-15-32)48-43-25-23-38(50-43)45(33-8-6-5-7-9-33)37-22-24-39(49-37)46(34-16-10-30(2)11-17-34)40-26-27-41(51-40)47(42-28-29-44(48)52-42)35-18-12-31(3)13-19-35/h1,5-29,50-51H,2-3H3. The van der Waals surface area contributed by atoms with Crippen LogP contribution in [0.5, 0.6) is 0 Å². The van der Waals surface area contributed by atoms with Gasteiger partial charge in [-0.15, -0.1) is 6.42 Å². The van der Waals surface area contributed by atoms with E-state index in [-0.39, 0.29) is 0 Å². The van der Waals surface area contributed by atoms with Gasteiger partial charge >= 0.3 is 0 Å². The second-order valence-electron chi connectivity index (χ2n) is 13.3. The van der Waals surface area contributed by atoms with Gasteiger partial charge in [-0.05, 0) is 96.8 Å². The van der Waals surface area contributed by atoms with Crippen LogP contribution in [0.15, 0.2) is 127 Å². The summed E-state index contributed by atoms with van der Waals surface area (Å²) in [5.41, 5.74) is 19.0. The van der Waals surface area contributed by atoms with Gasteiger partial charge in [0, 0.05) is 49.9 Å². The van der Waals surface area contributed by atoms with Crippen LogP contribution in [-0.2, 0) is 0 Å². The Morgan fingerprint density at radius 3 is 1.08 bits per heavy atom. The van der Waals surface area contributed by atoms with Crippen molar-refractivity contribution in [2.24, 2.45) is 0 Å². The third-order valence-corrected chi connectivity index (χ3v) is 9.84. The largest absolute Gasteiger partial charge is 0.354 e. The molecule has 2 aliphatic heterocycles. The number of hydrogen-bond donors (Lipinski definition) is 2. The van der Waals surface area contributed by atoms with E-state index >= 15 is 0 Å². The fraction of sp³-hybridized carbons (Fsp3) is 0.0417. The minimum Gasteiger partial charge on any atom is -0.354 e. The van der Waals surface area contributed by atoms with Crippen LogP contribution < -0.4 is 0 Å². The molecule has 3 aromatic heterocycles. The number of benzene rings is 4. The van der Waals surface area contributed by atoms with Crippen LogP contribution in [0.3, 0.4) is 0 Å². The predicted octanol–water partition coefficient (Wildman–Crippen LogP) is 11.9. The lowest BCUT2D eigenvalue weighted by molar-refractivity contribution is 1.31. The lowest BCUT2D eigenvalue weighted by Gasteiger charge is -2.07. The van der Waals surface area contributed by atoms with Crippen LogP contribution in [-0.4, -0.2) is 19.9 Å². The highest BCUT2D eigenvalue weighted by molar-refractivity contribution is 5.99. The average Bonchev–Trinajstić information content (AvgIpc) is 4.02. The predicted molar refractivity (Wildman–Crippen MR) is 218 cm³/mol. The molecule has 4 aromatic carbocycles. The summed E-state index contributed by atoms with van der Waals surface area (Å²) in [6.45, 7) is 4.23. The van der Waals surface area contributed by atoms with E-state index in [0.29, 0.717) is 0 Å². The van der Waals surface area contributed by atoms with Gasteiger partial charge in [-0.25, -0.2) is 9.97 Å². The SMILES string of the molecule is C#Cc1ccc(-c2c3nc(c(-c4ccc(C)cc4)c4ccc([nH]4)c(-c4ccc(C)cc4)c4nc(c(-c5ccccc5)c5ccc2[nH]5)C=C4)C=C3)cc1. The fourth-order valence-corrected chi connectivity index (χ4v) is 7.20. The smallest absolute Gasteiger partial charge is 0.0737 e. The van der Waals surface area contributed by atoms with E-state index in [2.05, 4.69) is 163 Å². The van der Waals surface area contributed by atoms with E-state index in [1.807, 2.05) is 18.2 Å². The van der Waals surface area contributed by atoms with E-state index in [1.165, 1.54) is 11.1 Å². The molecule has 0 radical (unpaired) electrons. The normalized spacial score (nSPS) is 11.9. The van der Waals surface area contributed by atoms with Crippen LogP contribution in [0.2, 0.25) is 0 Å². The molecule has 2 N–H and O–H groups in total. The highest BCUT2D eigenvalue weighted by Crippen LogP contribution is 2.38. The van der Waals surface area contributed by atoms with Gasteiger partial charge in [-0.3, -0.25) is 0 Å². The van der Waals surface area contributed by atoms with E-state index in [0.717, 1.165) is 94.9 Å². The molecule has 0 amide bonds. The van der Waals surface area contributed by atoms with Crippen molar-refractivity contribution in [2.45, 2.75) is 13.8 Å². The summed E-state index contributed by atoms with van der Waals surface area (Å²) >= 11 is 0. The van der Waals surface area contributed by atoms with Gasteiger partial charge in [0.05, 0.1) is 22.8 Å². The minimum absolute atomic E-state index is 0.832. The van der Waals surface area contributed by atoms with Crippen LogP contribution >= 0.6 is 0 Å². The van der Waals surface area contributed by atoms with E-state index in [4.69, 9.17) is 16.4 Å². The molecule has 9 rings (SSSR count). The maximum atomic E-state index is 5.75. The second-order valence-corrected chi connectivity index (χ2v) is 13.3. The van der Waals surface area contributed by atoms with Crippen LogP contribution in [0, 0.1) is 26.2 Å². The van der Waals surface area contributed by atoms with Gasteiger partial charge in [0.1, 0.15) is 0 Å². The number of aryl methyl sites for hydroxylation is 2. The summed E-state index contributed by atoms with van der Waals surface area (Å²) in [5, 5.41) is 0. The number of rotatable bonds is 4. The number of hydrogen-bond acceptors (Lipinski definition) is 2. The van der Waals surface area contributed by atoms with Gasteiger partial charge in [0.25, 0.3) is 0 Å². The van der Waals surface area contributed by atoms with E-state index < -0.39 is 0 Å². The second kappa shape index (κ2) is 12.7. The van der Waals surface area contributed by atoms with Gasteiger partial charge in [-0.1, -0.05) is 108 Å². The first-order valence-electron chi connectivity index (χ1n) is 17.5. The zero-order valence-corrected chi connectivity index (χ0v) is 28.9. The molecule has 0 saturated carbocycles. The Morgan fingerprint density at radius 1 is 0.404 bits per heavy atom. The summed E-state index contributed by atoms with van der Waals surface area (Å²) in [6.07, 6.45) is 14.3.